The van der Waals surface area contributed by atoms with Crippen molar-refractivity contribution in [2.24, 2.45) is 0 Å². The number of allylic oxidation sites excluding steroid dienone is 1. The second-order valence-corrected chi connectivity index (χ2v) is 6.25. The van der Waals surface area contributed by atoms with Crippen molar-refractivity contribution in [1.82, 2.24) is 0 Å². The van der Waals surface area contributed by atoms with Crippen LogP contribution in [0.2, 0.25) is 0 Å². The second-order valence-electron chi connectivity index (χ2n) is 6.25. The molecule has 29 heavy (non-hydrogen) atoms. The summed E-state index contributed by atoms with van der Waals surface area (Å²) in [6, 6.07) is 23.7. The highest BCUT2D eigenvalue weighted by Crippen LogP contribution is 2.17. The molecular formula is C24H20O5. The predicted octanol–water partition coefficient (Wildman–Crippen LogP) is 4.63. The molecule has 1 N–H and O–H groups in total. The summed E-state index contributed by atoms with van der Waals surface area (Å²) in [5, 5.41) is 8.61. The Bertz CT molecular complexity index is 991. The van der Waals surface area contributed by atoms with Crippen LogP contribution >= 0.6 is 0 Å². The van der Waals surface area contributed by atoms with Crippen molar-refractivity contribution in [2.45, 2.75) is 6.61 Å². The number of carboxylic acids is 1. The zero-order valence-corrected chi connectivity index (χ0v) is 15.7. The van der Waals surface area contributed by atoms with Crippen molar-refractivity contribution in [2.75, 3.05) is 6.61 Å². The summed E-state index contributed by atoms with van der Waals surface area (Å²) >= 11 is 0. The van der Waals surface area contributed by atoms with E-state index < -0.39 is 12.6 Å². The molecule has 0 spiro atoms. The van der Waals surface area contributed by atoms with Gasteiger partial charge in [0.2, 0.25) is 0 Å². The zero-order valence-electron chi connectivity index (χ0n) is 15.7. The summed E-state index contributed by atoms with van der Waals surface area (Å²) in [5.74, 6) is -0.0898. The van der Waals surface area contributed by atoms with Gasteiger partial charge in [-0.05, 0) is 53.6 Å². The number of rotatable bonds is 9. The highest BCUT2D eigenvalue weighted by Gasteiger charge is 2.04. The SMILES string of the molecule is O=C(O)COc1ccc(C(=O)/C=C/c2cccc(OCc3ccccc3)c2)cc1. The van der Waals surface area contributed by atoms with Gasteiger partial charge >= 0.3 is 5.97 Å². The maximum Gasteiger partial charge on any atom is 0.341 e. The average molecular weight is 388 g/mol. The van der Waals surface area contributed by atoms with Gasteiger partial charge in [0.1, 0.15) is 18.1 Å². The molecule has 0 saturated heterocycles. The number of aliphatic carboxylic acids is 1. The minimum Gasteiger partial charge on any atom is -0.489 e. The van der Waals surface area contributed by atoms with Crippen molar-refractivity contribution in [3.8, 4) is 11.5 Å². The van der Waals surface area contributed by atoms with E-state index in [2.05, 4.69) is 0 Å². The van der Waals surface area contributed by atoms with Gasteiger partial charge in [0.15, 0.2) is 12.4 Å². The van der Waals surface area contributed by atoms with Crippen LogP contribution in [0.25, 0.3) is 6.08 Å². The van der Waals surface area contributed by atoms with E-state index in [0.29, 0.717) is 17.9 Å². The number of benzene rings is 3. The third-order valence-electron chi connectivity index (χ3n) is 4.03. The highest BCUT2D eigenvalue weighted by molar-refractivity contribution is 6.06. The lowest BCUT2D eigenvalue weighted by atomic mass is 10.1. The summed E-state index contributed by atoms with van der Waals surface area (Å²) in [6.07, 6.45) is 3.22. The topological polar surface area (TPSA) is 72.8 Å². The summed E-state index contributed by atoms with van der Waals surface area (Å²) < 4.78 is 10.9. The largest absolute Gasteiger partial charge is 0.489 e. The summed E-state index contributed by atoms with van der Waals surface area (Å²) in [7, 11) is 0. The molecule has 0 aliphatic rings. The van der Waals surface area contributed by atoms with E-state index in [0.717, 1.165) is 16.9 Å². The normalized spacial score (nSPS) is 10.6. The van der Waals surface area contributed by atoms with Crippen LogP contribution in [0, 0.1) is 0 Å². The quantitative estimate of drug-likeness (QED) is 0.428. The number of ketones is 1. The highest BCUT2D eigenvalue weighted by atomic mass is 16.5. The lowest BCUT2D eigenvalue weighted by Crippen LogP contribution is -2.09. The third-order valence-corrected chi connectivity index (χ3v) is 4.03. The molecule has 3 rings (SSSR count). The number of hydrogen-bond donors (Lipinski definition) is 1. The first-order valence-electron chi connectivity index (χ1n) is 9.04. The molecule has 5 nitrogen and oxygen atoms in total. The smallest absolute Gasteiger partial charge is 0.341 e. The maximum atomic E-state index is 12.3. The van der Waals surface area contributed by atoms with Crippen molar-refractivity contribution in [3.05, 3.63) is 102 Å². The van der Waals surface area contributed by atoms with Gasteiger partial charge in [0.25, 0.3) is 0 Å². The Kier molecular flexibility index (Phi) is 6.79. The Labute approximate surface area is 168 Å². The van der Waals surface area contributed by atoms with Gasteiger partial charge in [-0.1, -0.05) is 48.5 Å². The standard InChI is InChI=1S/C24H20O5/c25-23(20-10-12-21(13-11-20)29-17-24(26)27)14-9-18-7-4-8-22(15-18)28-16-19-5-2-1-3-6-19/h1-15H,16-17H2,(H,26,27)/b14-9+. The Morgan fingerprint density at radius 2 is 1.59 bits per heavy atom. The van der Waals surface area contributed by atoms with E-state index in [9.17, 15) is 9.59 Å². The van der Waals surface area contributed by atoms with E-state index in [-0.39, 0.29) is 5.78 Å². The third kappa shape index (κ3) is 6.36. The molecule has 0 unspecified atom stereocenters. The maximum absolute atomic E-state index is 12.3. The fraction of sp³-hybridized carbons (Fsp3) is 0.0833. The van der Waals surface area contributed by atoms with Crippen molar-refractivity contribution in [3.63, 3.8) is 0 Å². The number of carbonyl (C=O) groups is 2. The Balaban J connectivity index is 1.59. The van der Waals surface area contributed by atoms with Gasteiger partial charge in [0, 0.05) is 5.56 Å². The summed E-state index contributed by atoms with van der Waals surface area (Å²) in [4.78, 5) is 22.8. The molecule has 3 aromatic carbocycles. The van der Waals surface area contributed by atoms with Gasteiger partial charge in [-0.2, -0.15) is 0 Å². The molecule has 0 bridgehead atoms. The summed E-state index contributed by atoms with van der Waals surface area (Å²) in [6.45, 7) is 0.0547. The second kappa shape index (κ2) is 9.90. The van der Waals surface area contributed by atoms with Crippen molar-refractivity contribution < 1.29 is 24.2 Å². The number of ether oxygens (including phenoxy) is 2. The van der Waals surface area contributed by atoms with Gasteiger partial charge in [-0.3, -0.25) is 4.79 Å². The predicted molar refractivity (Wildman–Crippen MR) is 110 cm³/mol. The molecule has 0 fully saturated rings. The van der Waals surface area contributed by atoms with Crippen LogP contribution in [-0.4, -0.2) is 23.5 Å². The monoisotopic (exact) mass is 388 g/mol. The van der Waals surface area contributed by atoms with Gasteiger partial charge in [-0.15, -0.1) is 0 Å². The number of hydrogen-bond acceptors (Lipinski definition) is 4. The minimum absolute atomic E-state index is 0.162. The van der Waals surface area contributed by atoms with E-state index in [4.69, 9.17) is 14.6 Å². The fourth-order valence-corrected chi connectivity index (χ4v) is 2.58. The number of carboxylic acid groups (broad SMARTS) is 1. The molecule has 3 aromatic rings. The van der Waals surface area contributed by atoms with Crippen LogP contribution in [0.15, 0.2) is 84.9 Å². The summed E-state index contributed by atoms with van der Waals surface area (Å²) in [5.41, 5.74) is 2.42. The van der Waals surface area contributed by atoms with Crippen LogP contribution in [0.4, 0.5) is 0 Å². The molecule has 5 heteroatoms. The molecule has 0 amide bonds. The Morgan fingerprint density at radius 1 is 0.828 bits per heavy atom. The van der Waals surface area contributed by atoms with Crippen LogP contribution in [0.3, 0.4) is 0 Å². The molecule has 0 aliphatic heterocycles. The molecular weight excluding hydrogens is 368 g/mol. The van der Waals surface area contributed by atoms with Crippen molar-refractivity contribution >= 4 is 17.8 Å². The number of carbonyl (C=O) groups excluding carboxylic acids is 1. The van der Waals surface area contributed by atoms with Gasteiger partial charge in [-0.25, -0.2) is 4.79 Å². The van der Waals surface area contributed by atoms with E-state index in [1.165, 1.54) is 6.08 Å². The average Bonchev–Trinajstić information content (AvgIpc) is 2.76. The molecule has 0 radical (unpaired) electrons. The van der Waals surface area contributed by atoms with Crippen LogP contribution in [0.1, 0.15) is 21.5 Å². The van der Waals surface area contributed by atoms with Crippen molar-refractivity contribution in [1.29, 1.82) is 0 Å². The molecule has 146 valence electrons. The van der Waals surface area contributed by atoms with Crippen LogP contribution < -0.4 is 9.47 Å². The van der Waals surface area contributed by atoms with Gasteiger partial charge in [0.05, 0.1) is 0 Å². The first-order valence-corrected chi connectivity index (χ1v) is 9.04. The van der Waals surface area contributed by atoms with Crippen LogP contribution in [0.5, 0.6) is 11.5 Å². The lowest BCUT2D eigenvalue weighted by Gasteiger charge is -2.07. The first kappa shape index (κ1) is 19.9. The zero-order chi connectivity index (χ0) is 20.5. The van der Waals surface area contributed by atoms with Crippen LogP contribution in [-0.2, 0) is 11.4 Å². The molecule has 0 atom stereocenters. The molecule has 0 aliphatic carbocycles. The van der Waals surface area contributed by atoms with Gasteiger partial charge < -0.3 is 14.6 Å². The molecule has 0 saturated carbocycles. The minimum atomic E-state index is -1.05. The Hall–Kier alpha value is -3.86. The first-order chi connectivity index (χ1) is 14.1. The molecule has 0 aromatic heterocycles. The van der Waals surface area contributed by atoms with E-state index >= 15 is 0 Å². The fourth-order valence-electron chi connectivity index (χ4n) is 2.58. The lowest BCUT2D eigenvalue weighted by molar-refractivity contribution is -0.139. The Morgan fingerprint density at radius 3 is 2.31 bits per heavy atom. The molecule has 0 heterocycles. The van der Waals surface area contributed by atoms with E-state index in [1.54, 1.807) is 30.3 Å². The van der Waals surface area contributed by atoms with E-state index in [1.807, 2.05) is 54.6 Å².